The van der Waals surface area contributed by atoms with Gasteiger partial charge < -0.3 is 10.2 Å². The summed E-state index contributed by atoms with van der Waals surface area (Å²) in [4.78, 5) is 6.91. The third-order valence-corrected chi connectivity index (χ3v) is 4.03. The van der Waals surface area contributed by atoms with Gasteiger partial charge in [-0.1, -0.05) is 23.8 Å². The second-order valence-electron chi connectivity index (χ2n) is 5.99. The van der Waals surface area contributed by atoms with Crippen molar-refractivity contribution in [3.63, 3.8) is 0 Å². The van der Waals surface area contributed by atoms with Crippen LogP contribution in [0.2, 0.25) is 0 Å². The fourth-order valence-corrected chi connectivity index (χ4v) is 2.79. The maximum absolute atomic E-state index is 4.67. The molecule has 2 aromatic rings. The third-order valence-electron chi connectivity index (χ3n) is 4.03. The highest BCUT2D eigenvalue weighted by molar-refractivity contribution is 5.35. The number of benzene rings is 1. The lowest BCUT2D eigenvalue weighted by Gasteiger charge is -2.30. The molecule has 21 heavy (non-hydrogen) atoms. The first-order valence-corrected chi connectivity index (χ1v) is 7.57. The molecule has 5 heteroatoms. The number of hydrogen-bond donors (Lipinski definition) is 2. The quantitative estimate of drug-likeness (QED) is 0.903. The molecule has 0 spiro atoms. The van der Waals surface area contributed by atoms with Gasteiger partial charge in [0.05, 0.1) is 0 Å². The molecule has 0 saturated carbocycles. The molecule has 1 aliphatic rings. The van der Waals surface area contributed by atoms with Crippen LogP contribution >= 0.6 is 0 Å². The number of nitrogens with zero attached hydrogens (tertiary/aromatic N) is 3. The zero-order chi connectivity index (χ0) is 14.8. The van der Waals surface area contributed by atoms with Crippen LogP contribution in [0, 0.1) is 13.8 Å². The second-order valence-corrected chi connectivity index (χ2v) is 5.99. The predicted octanol–water partition coefficient (Wildman–Crippen LogP) is 1.81. The van der Waals surface area contributed by atoms with Crippen molar-refractivity contribution < 1.29 is 0 Å². The van der Waals surface area contributed by atoms with Crippen molar-refractivity contribution in [3.8, 4) is 0 Å². The molecule has 1 atom stereocenters. The molecular formula is C16H23N5. The Morgan fingerprint density at radius 2 is 2.19 bits per heavy atom. The monoisotopic (exact) mass is 285 g/mol. The lowest BCUT2D eigenvalue weighted by Crippen LogP contribution is -2.49. The normalized spacial score (nSPS) is 19.0. The van der Waals surface area contributed by atoms with E-state index in [1.54, 1.807) is 0 Å². The highest BCUT2D eigenvalue weighted by atomic mass is 15.4. The van der Waals surface area contributed by atoms with Gasteiger partial charge in [0.2, 0.25) is 5.95 Å². The standard InChI is InChI=1S/C16H23N5/c1-11-4-5-12(2)14(8-11)9-15-18-16(20-19-15)21-7-6-17-13(3)10-21/h4-5,8,13,17H,6-7,9-10H2,1-3H3,(H,18,19,20)/t13-/m1/s1. The van der Waals surface area contributed by atoms with Crippen LogP contribution in [0.1, 0.15) is 29.4 Å². The molecule has 5 nitrogen and oxygen atoms in total. The maximum Gasteiger partial charge on any atom is 0.244 e. The van der Waals surface area contributed by atoms with Crippen molar-refractivity contribution in [2.45, 2.75) is 33.2 Å². The summed E-state index contributed by atoms with van der Waals surface area (Å²) < 4.78 is 0. The van der Waals surface area contributed by atoms with Gasteiger partial charge in [0.25, 0.3) is 0 Å². The number of aryl methyl sites for hydroxylation is 2. The Bertz CT molecular complexity index is 619. The minimum absolute atomic E-state index is 0.486. The Morgan fingerprint density at radius 3 is 3.00 bits per heavy atom. The number of anilines is 1. The predicted molar refractivity (Wildman–Crippen MR) is 84.8 cm³/mol. The van der Waals surface area contributed by atoms with E-state index in [1.165, 1.54) is 16.7 Å². The SMILES string of the molecule is Cc1ccc(C)c(Cc2nc(N3CCN[C@H](C)C3)n[nH]2)c1. The van der Waals surface area contributed by atoms with Gasteiger partial charge in [0.15, 0.2) is 0 Å². The average molecular weight is 285 g/mol. The fraction of sp³-hybridized carbons (Fsp3) is 0.500. The van der Waals surface area contributed by atoms with Gasteiger partial charge in [-0.3, -0.25) is 5.10 Å². The van der Waals surface area contributed by atoms with E-state index in [9.17, 15) is 0 Å². The number of piperazine rings is 1. The van der Waals surface area contributed by atoms with Crippen molar-refractivity contribution in [2.75, 3.05) is 24.5 Å². The van der Waals surface area contributed by atoms with Crippen LogP contribution in [0.5, 0.6) is 0 Å². The van der Waals surface area contributed by atoms with E-state index < -0.39 is 0 Å². The van der Waals surface area contributed by atoms with Crippen LogP contribution in [0.4, 0.5) is 5.95 Å². The summed E-state index contributed by atoms with van der Waals surface area (Å²) in [6.45, 7) is 9.37. The van der Waals surface area contributed by atoms with Crippen LogP contribution in [-0.2, 0) is 6.42 Å². The molecule has 3 rings (SSSR count). The topological polar surface area (TPSA) is 56.8 Å². The molecule has 0 radical (unpaired) electrons. The number of nitrogens with one attached hydrogen (secondary N) is 2. The van der Waals surface area contributed by atoms with Gasteiger partial charge >= 0.3 is 0 Å². The molecular weight excluding hydrogens is 262 g/mol. The van der Waals surface area contributed by atoms with Gasteiger partial charge in [0.1, 0.15) is 5.82 Å². The minimum atomic E-state index is 0.486. The Balaban J connectivity index is 1.74. The fourth-order valence-electron chi connectivity index (χ4n) is 2.79. The average Bonchev–Trinajstić information content (AvgIpc) is 2.91. The summed E-state index contributed by atoms with van der Waals surface area (Å²) in [5.41, 5.74) is 3.90. The molecule has 112 valence electrons. The smallest absolute Gasteiger partial charge is 0.244 e. The largest absolute Gasteiger partial charge is 0.337 e. The molecule has 1 aliphatic heterocycles. The van der Waals surface area contributed by atoms with Gasteiger partial charge in [-0.25, -0.2) is 0 Å². The Hall–Kier alpha value is -1.88. The molecule has 0 amide bonds. The number of rotatable bonds is 3. The summed E-state index contributed by atoms with van der Waals surface area (Å²) in [6.07, 6.45) is 0.808. The highest BCUT2D eigenvalue weighted by Gasteiger charge is 2.19. The van der Waals surface area contributed by atoms with Gasteiger partial charge in [0, 0.05) is 32.1 Å². The van der Waals surface area contributed by atoms with Gasteiger partial charge in [-0.05, 0) is 31.9 Å². The zero-order valence-corrected chi connectivity index (χ0v) is 13.0. The van der Waals surface area contributed by atoms with Crippen LogP contribution in [0.15, 0.2) is 18.2 Å². The first kappa shape index (κ1) is 14.1. The zero-order valence-electron chi connectivity index (χ0n) is 13.0. The summed E-state index contributed by atoms with van der Waals surface area (Å²) >= 11 is 0. The third kappa shape index (κ3) is 3.24. The minimum Gasteiger partial charge on any atom is -0.337 e. The van der Waals surface area contributed by atoms with Gasteiger partial charge in [-0.2, -0.15) is 4.98 Å². The van der Waals surface area contributed by atoms with E-state index in [1.807, 2.05) is 0 Å². The van der Waals surface area contributed by atoms with Crippen molar-refractivity contribution in [2.24, 2.45) is 0 Å². The van der Waals surface area contributed by atoms with Crippen LogP contribution in [0.25, 0.3) is 0 Å². The van der Waals surface area contributed by atoms with Crippen LogP contribution in [-0.4, -0.2) is 40.9 Å². The van der Waals surface area contributed by atoms with E-state index >= 15 is 0 Å². The van der Waals surface area contributed by atoms with Crippen LogP contribution in [0.3, 0.4) is 0 Å². The number of hydrogen-bond acceptors (Lipinski definition) is 4. The van der Waals surface area contributed by atoms with Gasteiger partial charge in [-0.15, -0.1) is 5.10 Å². The molecule has 2 heterocycles. The number of aromatic nitrogens is 3. The highest BCUT2D eigenvalue weighted by Crippen LogP contribution is 2.16. The van der Waals surface area contributed by atoms with E-state index in [2.05, 4.69) is 64.4 Å². The summed E-state index contributed by atoms with van der Waals surface area (Å²) in [5, 5.41) is 10.9. The van der Waals surface area contributed by atoms with Crippen molar-refractivity contribution in [1.82, 2.24) is 20.5 Å². The van der Waals surface area contributed by atoms with Crippen molar-refractivity contribution >= 4 is 5.95 Å². The summed E-state index contributed by atoms with van der Waals surface area (Å²) in [6, 6.07) is 7.02. The summed E-state index contributed by atoms with van der Waals surface area (Å²) in [5.74, 6) is 1.76. The molecule has 1 fully saturated rings. The maximum atomic E-state index is 4.67. The first-order valence-electron chi connectivity index (χ1n) is 7.57. The Kier molecular flexibility index (Phi) is 3.92. The molecule has 2 N–H and O–H groups in total. The molecule has 0 bridgehead atoms. The van der Waals surface area contributed by atoms with E-state index in [4.69, 9.17) is 0 Å². The molecule has 1 saturated heterocycles. The molecule has 1 aromatic carbocycles. The molecule has 0 unspecified atom stereocenters. The second kappa shape index (κ2) is 5.85. The Morgan fingerprint density at radius 1 is 1.33 bits per heavy atom. The van der Waals surface area contributed by atoms with E-state index in [-0.39, 0.29) is 0 Å². The van der Waals surface area contributed by atoms with E-state index in [0.29, 0.717) is 6.04 Å². The molecule has 0 aliphatic carbocycles. The summed E-state index contributed by atoms with van der Waals surface area (Å²) in [7, 11) is 0. The van der Waals surface area contributed by atoms with Crippen molar-refractivity contribution in [1.29, 1.82) is 0 Å². The lowest BCUT2D eigenvalue weighted by atomic mass is 10.0. The lowest BCUT2D eigenvalue weighted by molar-refractivity contribution is 0.480. The first-order chi connectivity index (χ1) is 10.1. The van der Waals surface area contributed by atoms with Crippen molar-refractivity contribution in [3.05, 3.63) is 40.7 Å². The number of aromatic amines is 1. The number of H-pyrrole nitrogens is 1. The molecule has 1 aromatic heterocycles. The van der Waals surface area contributed by atoms with Crippen LogP contribution < -0.4 is 10.2 Å². The van der Waals surface area contributed by atoms with E-state index in [0.717, 1.165) is 37.8 Å². The Labute approximate surface area is 125 Å².